The SMILES string of the molecule is C[C@@H]1[C@@H](C)CCC[C@@H](CN2CCOCC2)[C@@H]2CC[C@H]2CN2C[C@@]3(CCCc4cc(Cl)ccc43)COc3ccc(cc32)C(=O)NS1(=O)=O. The number of aryl methyl sites for hydroxylation is 1. The minimum absolute atomic E-state index is 0.0604. The lowest BCUT2D eigenvalue weighted by molar-refractivity contribution is 0.00824. The highest BCUT2D eigenvalue weighted by atomic mass is 35.5. The summed E-state index contributed by atoms with van der Waals surface area (Å²) in [6.07, 6.45) is 8.41. The summed E-state index contributed by atoms with van der Waals surface area (Å²) in [6.45, 7) is 10.6. The third kappa shape index (κ3) is 6.79. The van der Waals surface area contributed by atoms with Gasteiger partial charge in [0.25, 0.3) is 5.91 Å². The molecule has 3 heterocycles. The van der Waals surface area contributed by atoms with Crippen LogP contribution in [0.1, 0.15) is 80.3 Å². The van der Waals surface area contributed by atoms with E-state index in [2.05, 4.69) is 26.7 Å². The molecular formula is C37H50ClN3O5S. The van der Waals surface area contributed by atoms with Crippen molar-refractivity contribution < 1.29 is 22.7 Å². The van der Waals surface area contributed by atoms with E-state index >= 15 is 0 Å². The minimum atomic E-state index is -3.86. The average molecular weight is 684 g/mol. The molecule has 1 spiro atoms. The monoisotopic (exact) mass is 683 g/mol. The van der Waals surface area contributed by atoms with E-state index in [1.807, 2.05) is 25.1 Å². The molecule has 1 saturated carbocycles. The molecule has 2 aromatic carbocycles. The molecule has 3 aliphatic heterocycles. The van der Waals surface area contributed by atoms with Crippen LogP contribution in [0.15, 0.2) is 36.4 Å². The summed E-state index contributed by atoms with van der Waals surface area (Å²) in [6, 6.07) is 11.8. The number of nitrogens with one attached hydrogen (secondary N) is 1. The van der Waals surface area contributed by atoms with E-state index < -0.39 is 21.2 Å². The van der Waals surface area contributed by atoms with E-state index in [9.17, 15) is 13.2 Å². The van der Waals surface area contributed by atoms with Gasteiger partial charge in [-0.15, -0.1) is 0 Å². The Hall–Kier alpha value is -2.33. The summed E-state index contributed by atoms with van der Waals surface area (Å²) in [5.74, 6) is 1.82. The number of halogens is 1. The zero-order chi connectivity index (χ0) is 32.8. The molecule has 2 aromatic rings. The quantitative estimate of drug-likeness (QED) is 0.412. The topological polar surface area (TPSA) is 88.2 Å². The first kappa shape index (κ1) is 33.2. The van der Waals surface area contributed by atoms with Crippen molar-refractivity contribution in [2.24, 2.45) is 23.7 Å². The maximum atomic E-state index is 13.5. The number of sulfonamides is 1. The second-order valence-electron chi connectivity index (χ2n) is 15.1. The van der Waals surface area contributed by atoms with Gasteiger partial charge in [-0.25, -0.2) is 13.1 Å². The summed E-state index contributed by atoms with van der Waals surface area (Å²) < 4.78 is 41.6. The van der Waals surface area contributed by atoms with Gasteiger partial charge in [0.2, 0.25) is 10.0 Å². The van der Waals surface area contributed by atoms with Gasteiger partial charge in [-0.05, 0) is 117 Å². The van der Waals surface area contributed by atoms with Crippen LogP contribution in [-0.4, -0.2) is 77.0 Å². The summed E-state index contributed by atoms with van der Waals surface area (Å²) in [7, 11) is -3.86. The smallest absolute Gasteiger partial charge is 0.264 e. The van der Waals surface area contributed by atoms with Crippen LogP contribution in [-0.2, 0) is 26.6 Å². The molecule has 2 bridgehead atoms. The summed E-state index contributed by atoms with van der Waals surface area (Å²) in [5, 5.41) is 0.0930. The fourth-order valence-electron chi connectivity index (χ4n) is 9.06. The number of fused-ring (bicyclic) bond motifs is 4. The van der Waals surface area contributed by atoms with Crippen LogP contribution in [0.5, 0.6) is 5.75 Å². The fourth-order valence-corrected chi connectivity index (χ4v) is 10.6. The van der Waals surface area contributed by atoms with Gasteiger partial charge < -0.3 is 14.4 Å². The number of hydrogen-bond acceptors (Lipinski definition) is 7. The van der Waals surface area contributed by atoms with Gasteiger partial charge in [0.15, 0.2) is 0 Å². The van der Waals surface area contributed by atoms with Crippen LogP contribution in [0.2, 0.25) is 5.02 Å². The lowest BCUT2D eigenvalue weighted by Crippen LogP contribution is -2.50. The Morgan fingerprint density at radius 1 is 1.02 bits per heavy atom. The van der Waals surface area contributed by atoms with Gasteiger partial charge in [-0.2, -0.15) is 0 Å². The number of carbonyl (C=O) groups excluding carboxylic acids is 1. The third-order valence-corrected chi connectivity index (χ3v) is 14.3. The lowest BCUT2D eigenvalue weighted by Gasteiger charge is -2.48. The third-order valence-electron chi connectivity index (χ3n) is 12.2. The van der Waals surface area contributed by atoms with Crippen LogP contribution in [0.25, 0.3) is 0 Å². The highest BCUT2D eigenvalue weighted by molar-refractivity contribution is 7.90. The van der Waals surface area contributed by atoms with Gasteiger partial charge in [-0.3, -0.25) is 9.69 Å². The maximum absolute atomic E-state index is 13.5. The Kier molecular flexibility index (Phi) is 9.55. The molecule has 6 atom stereocenters. The van der Waals surface area contributed by atoms with Crippen LogP contribution in [0.4, 0.5) is 5.69 Å². The molecule has 5 aliphatic rings. The van der Waals surface area contributed by atoms with Crippen molar-refractivity contribution in [2.75, 3.05) is 57.4 Å². The highest BCUT2D eigenvalue weighted by Gasteiger charge is 2.45. The Morgan fingerprint density at radius 3 is 2.64 bits per heavy atom. The summed E-state index contributed by atoms with van der Waals surface area (Å²) in [4.78, 5) is 18.6. The Labute approximate surface area is 285 Å². The van der Waals surface area contributed by atoms with E-state index in [4.69, 9.17) is 21.1 Å². The molecular weight excluding hydrogens is 634 g/mol. The predicted molar refractivity (Wildman–Crippen MR) is 186 cm³/mol. The molecule has 0 radical (unpaired) electrons. The molecule has 7 rings (SSSR count). The number of amides is 1. The number of nitrogens with zero attached hydrogens (tertiary/aromatic N) is 2. The van der Waals surface area contributed by atoms with Gasteiger partial charge >= 0.3 is 0 Å². The van der Waals surface area contributed by atoms with Crippen LogP contribution in [0.3, 0.4) is 0 Å². The first-order valence-corrected chi connectivity index (χ1v) is 19.7. The Morgan fingerprint density at radius 2 is 1.85 bits per heavy atom. The first-order chi connectivity index (χ1) is 22.6. The van der Waals surface area contributed by atoms with E-state index in [1.165, 1.54) is 24.0 Å². The molecule has 10 heteroatoms. The highest BCUT2D eigenvalue weighted by Crippen LogP contribution is 2.48. The lowest BCUT2D eigenvalue weighted by atomic mass is 9.65. The summed E-state index contributed by atoms with van der Waals surface area (Å²) >= 11 is 6.47. The van der Waals surface area contributed by atoms with E-state index in [1.54, 1.807) is 13.0 Å². The molecule has 256 valence electrons. The Balaban J connectivity index is 1.27. The molecule has 0 unspecified atom stereocenters. The maximum Gasteiger partial charge on any atom is 0.264 e. The molecule has 2 fully saturated rings. The van der Waals surface area contributed by atoms with E-state index in [0.29, 0.717) is 29.9 Å². The normalized spacial score (nSPS) is 33.0. The molecule has 2 aliphatic carbocycles. The second-order valence-corrected chi connectivity index (χ2v) is 17.5. The number of benzene rings is 2. The van der Waals surface area contributed by atoms with Crippen molar-refractivity contribution in [1.29, 1.82) is 0 Å². The van der Waals surface area contributed by atoms with Gasteiger partial charge in [0.1, 0.15) is 5.75 Å². The van der Waals surface area contributed by atoms with Crippen LogP contribution in [0, 0.1) is 23.7 Å². The number of anilines is 1. The van der Waals surface area contributed by atoms with Gasteiger partial charge in [-0.1, -0.05) is 31.0 Å². The van der Waals surface area contributed by atoms with Crippen molar-refractivity contribution in [3.05, 3.63) is 58.1 Å². The number of morpholine rings is 1. The van der Waals surface area contributed by atoms with E-state index in [0.717, 1.165) is 101 Å². The Bertz CT molecular complexity index is 1580. The van der Waals surface area contributed by atoms with Crippen molar-refractivity contribution in [1.82, 2.24) is 9.62 Å². The standard InChI is InChI=1S/C37H50ClN3O5S/c1-25-5-3-6-29(21-40-15-17-45-18-16-40)32-11-8-30(32)22-41-23-37(14-4-7-27-19-31(38)10-12-33(27)37)24-46-35-13-9-28(20-34(35)41)36(42)39-47(43,44)26(25)2/h9-10,12-13,19-20,25-26,29-30,32H,3-8,11,14-18,21-24H2,1-2H3,(H,39,42)/t25-,26+,29-,30-,32-,37-/m0/s1. The predicted octanol–water partition coefficient (Wildman–Crippen LogP) is 6.06. The summed E-state index contributed by atoms with van der Waals surface area (Å²) in [5.41, 5.74) is 3.64. The van der Waals surface area contributed by atoms with Crippen molar-refractivity contribution in [3.8, 4) is 5.75 Å². The number of hydrogen-bond donors (Lipinski definition) is 1. The minimum Gasteiger partial charge on any atom is -0.490 e. The first-order valence-electron chi connectivity index (χ1n) is 17.8. The molecule has 8 nitrogen and oxygen atoms in total. The molecule has 47 heavy (non-hydrogen) atoms. The molecule has 1 saturated heterocycles. The molecule has 0 aromatic heterocycles. The van der Waals surface area contributed by atoms with Crippen molar-refractivity contribution in [3.63, 3.8) is 0 Å². The van der Waals surface area contributed by atoms with E-state index in [-0.39, 0.29) is 11.3 Å². The molecule has 1 N–H and O–H groups in total. The zero-order valence-corrected chi connectivity index (χ0v) is 29.5. The largest absolute Gasteiger partial charge is 0.490 e. The van der Waals surface area contributed by atoms with Crippen molar-refractivity contribution in [2.45, 2.75) is 75.9 Å². The number of rotatable bonds is 2. The zero-order valence-electron chi connectivity index (χ0n) is 27.9. The number of ether oxygens (including phenoxy) is 2. The van der Waals surface area contributed by atoms with Crippen LogP contribution >= 0.6 is 11.6 Å². The van der Waals surface area contributed by atoms with Gasteiger partial charge in [0, 0.05) is 48.7 Å². The number of carbonyl (C=O) groups is 1. The van der Waals surface area contributed by atoms with Crippen molar-refractivity contribution >= 4 is 33.2 Å². The van der Waals surface area contributed by atoms with Gasteiger partial charge in [0.05, 0.1) is 30.8 Å². The second kappa shape index (κ2) is 13.5. The fraction of sp³-hybridized carbons (Fsp3) is 0.649. The van der Waals surface area contributed by atoms with Crippen LogP contribution < -0.4 is 14.4 Å². The molecule has 1 amide bonds. The average Bonchev–Trinajstić information content (AvgIpc) is 3.19.